The van der Waals surface area contributed by atoms with Crippen LogP contribution in [0.1, 0.15) is 22.5 Å². The molecule has 0 saturated heterocycles. The monoisotopic (exact) mass is 400 g/mol. The van der Waals surface area contributed by atoms with Gasteiger partial charge in [0.15, 0.2) is 0 Å². The Balaban J connectivity index is 1.72. The Morgan fingerprint density at radius 2 is 2.04 bits per heavy atom. The van der Waals surface area contributed by atoms with Gasteiger partial charge in [-0.1, -0.05) is 29.8 Å². The smallest absolute Gasteiger partial charge is 0.310 e. The third-order valence-electron chi connectivity index (χ3n) is 4.47. The molecule has 0 atom stereocenters. The molecule has 28 heavy (non-hydrogen) atoms. The number of halogens is 3. The third-order valence-corrected chi connectivity index (χ3v) is 4.76. The zero-order valence-electron chi connectivity index (χ0n) is 14.8. The number of hydrogen-bond donors (Lipinski definition) is 1. The van der Waals surface area contributed by atoms with Crippen molar-refractivity contribution in [2.75, 3.05) is 5.32 Å². The van der Waals surface area contributed by atoms with Gasteiger partial charge in [-0.15, -0.1) is 0 Å². The Labute approximate surface area is 164 Å². The zero-order chi connectivity index (χ0) is 19.8. The van der Waals surface area contributed by atoms with E-state index in [1.165, 1.54) is 22.8 Å². The molecule has 0 spiro atoms. The Kier molecular flexibility index (Phi) is 4.68. The lowest BCUT2D eigenvalue weighted by molar-refractivity contribution is 0.578. The van der Waals surface area contributed by atoms with Crippen molar-refractivity contribution in [1.82, 2.24) is 14.5 Å². The summed E-state index contributed by atoms with van der Waals surface area (Å²) in [6.45, 7) is 1.98. The van der Waals surface area contributed by atoms with Gasteiger partial charge < -0.3 is 9.88 Å². The first kappa shape index (κ1) is 18.3. The molecule has 5 nitrogen and oxygen atoms in total. The molecule has 0 unspecified atom stereocenters. The highest BCUT2D eigenvalue weighted by molar-refractivity contribution is 6.30. The summed E-state index contributed by atoms with van der Waals surface area (Å²) in [7, 11) is 0. The number of pyridine rings is 1. The number of benzene rings is 1. The van der Waals surface area contributed by atoms with Crippen molar-refractivity contribution in [2.24, 2.45) is 0 Å². The van der Waals surface area contributed by atoms with Crippen molar-refractivity contribution in [3.8, 4) is 0 Å². The number of allylic oxidation sites excluding steroid dienone is 1. The van der Waals surface area contributed by atoms with E-state index in [0.29, 0.717) is 11.3 Å². The van der Waals surface area contributed by atoms with E-state index in [1.807, 2.05) is 25.1 Å². The molecule has 0 saturated carbocycles. The molecule has 4 rings (SSSR count). The summed E-state index contributed by atoms with van der Waals surface area (Å²) in [6, 6.07) is 6.13. The molecule has 2 aromatic heterocycles. The van der Waals surface area contributed by atoms with Crippen LogP contribution in [0.15, 0.2) is 41.3 Å². The van der Waals surface area contributed by atoms with Gasteiger partial charge in [-0.05, 0) is 36.2 Å². The topological polar surface area (TPSA) is 59.8 Å². The fourth-order valence-electron chi connectivity index (χ4n) is 3.04. The summed E-state index contributed by atoms with van der Waals surface area (Å²) in [5, 5.41) is 3.03. The van der Waals surface area contributed by atoms with Crippen molar-refractivity contribution >= 4 is 29.3 Å². The van der Waals surface area contributed by atoms with Crippen LogP contribution in [-0.4, -0.2) is 14.5 Å². The van der Waals surface area contributed by atoms with E-state index in [0.717, 1.165) is 29.6 Å². The van der Waals surface area contributed by atoms with E-state index in [-0.39, 0.29) is 17.5 Å². The normalized spacial score (nSPS) is 12.3. The Bertz CT molecular complexity index is 1170. The number of fused-ring (bicyclic) bond motifs is 1. The van der Waals surface area contributed by atoms with Crippen LogP contribution in [0.25, 0.3) is 6.08 Å². The molecule has 0 radical (unpaired) electrons. The van der Waals surface area contributed by atoms with E-state index in [2.05, 4.69) is 15.3 Å². The second-order valence-electron chi connectivity index (χ2n) is 6.48. The minimum atomic E-state index is -0.981. The zero-order valence-corrected chi connectivity index (χ0v) is 15.6. The Morgan fingerprint density at radius 1 is 1.21 bits per heavy atom. The summed E-state index contributed by atoms with van der Waals surface area (Å²) < 4.78 is 28.7. The lowest BCUT2D eigenvalue weighted by Crippen LogP contribution is -2.20. The minimum absolute atomic E-state index is 0.0352. The lowest BCUT2D eigenvalue weighted by Gasteiger charge is -2.16. The van der Waals surface area contributed by atoms with Crippen molar-refractivity contribution in [3.05, 3.63) is 86.1 Å². The first-order valence-electron chi connectivity index (χ1n) is 8.55. The van der Waals surface area contributed by atoms with Gasteiger partial charge >= 0.3 is 5.56 Å². The van der Waals surface area contributed by atoms with Crippen molar-refractivity contribution in [3.63, 3.8) is 0 Å². The van der Waals surface area contributed by atoms with Gasteiger partial charge in [-0.3, -0.25) is 9.78 Å². The van der Waals surface area contributed by atoms with Crippen molar-refractivity contribution in [2.45, 2.75) is 19.9 Å². The number of aromatic nitrogens is 3. The largest absolute Gasteiger partial charge is 0.324 e. The second-order valence-corrected chi connectivity index (χ2v) is 6.89. The van der Waals surface area contributed by atoms with Crippen LogP contribution >= 0.6 is 11.6 Å². The van der Waals surface area contributed by atoms with Gasteiger partial charge in [-0.2, -0.15) is 9.37 Å². The summed E-state index contributed by atoms with van der Waals surface area (Å²) in [4.78, 5) is 20.1. The van der Waals surface area contributed by atoms with E-state index in [1.54, 1.807) is 0 Å². The van der Waals surface area contributed by atoms with Gasteiger partial charge in [-0.25, -0.2) is 4.39 Å². The first-order valence-corrected chi connectivity index (χ1v) is 8.93. The Hall–Kier alpha value is -3.06. The second kappa shape index (κ2) is 7.16. The number of rotatable bonds is 4. The summed E-state index contributed by atoms with van der Waals surface area (Å²) >= 11 is 5.83. The molecule has 1 N–H and O–H groups in total. The van der Waals surface area contributed by atoms with Crippen LogP contribution in [0.3, 0.4) is 0 Å². The van der Waals surface area contributed by atoms with Gasteiger partial charge in [0.25, 0.3) is 0 Å². The molecule has 2 heterocycles. The van der Waals surface area contributed by atoms with Crippen LogP contribution in [-0.2, 0) is 13.0 Å². The molecule has 8 heteroatoms. The highest BCUT2D eigenvalue weighted by Crippen LogP contribution is 2.26. The summed E-state index contributed by atoms with van der Waals surface area (Å²) in [6.07, 6.45) is 5.83. The van der Waals surface area contributed by atoms with E-state index in [9.17, 15) is 13.6 Å². The molecule has 1 aromatic carbocycles. The molecular weight excluding hydrogens is 386 g/mol. The third kappa shape index (κ3) is 3.53. The van der Waals surface area contributed by atoms with Gasteiger partial charge in [0, 0.05) is 12.6 Å². The van der Waals surface area contributed by atoms with Gasteiger partial charge in [0.05, 0.1) is 28.6 Å². The SMILES string of the molecule is Cc1nc2c(cc1Nc1nc(=O)c(F)cn1Cc1ccc(F)c(Cl)c1)C=CC2. The van der Waals surface area contributed by atoms with E-state index in [4.69, 9.17) is 11.6 Å². The highest BCUT2D eigenvalue weighted by Gasteiger charge is 2.14. The highest BCUT2D eigenvalue weighted by atomic mass is 35.5. The number of nitrogens with one attached hydrogen (secondary N) is 1. The van der Waals surface area contributed by atoms with Crippen LogP contribution < -0.4 is 10.9 Å². The molecular formula is C20H15ClF2N4O. The average Bonchev–Trinajstić information content (AvgIpc) is 3.09. The maximum Gasteiger partial charge on any atom is 0.310 e. The van der Waals surface area contributed by atoms with Gasteiger partial charge in [0.2, 0.25) is 11.8 Å². The van der Waals surface area contributed by atoms with E-state index < -0.39 is 17.2 Å². The molecule has 142 valence electrons. The van der Waals surface area contributed by atoms with Crippen LogP contribution in [0, 0.1) is 18.6 Å². The predicted molar refractivity (Wildman–Crippen MR) is 104 cm³/mol. The molecule has 0 aliphatic heterocycles. The average molecular weight is 401 g/mol. The molecule has 3 aromatic rings. The van der Waals surface area contributed by atoms with Crippen LogP contribution in [0.2, 0.25) is 5.02 Å². The summed E-state index contributed by atoms with van der Waals surface area (Å²) in [5.41, 5.74) is 3.02. The standard InChI is InChI=1S/C20H15ClF2N4O/c1-11-18(8-13-3-2-4-17(13)24-11)25-20-26-19(28)16(23)10-27(20)9-12-5-6-15(22)14(21)7-12/h2-3,5-8,10H,4,9H2,1H3,(H,25,26,28). The molecule has 1 aliphatic rings. The van der Waals surface area contributed by atoms with Crippen molar-refractivity contribution < 1.29 is 8.78 Å². The fourth-order valence-corrected chi connectivity index (χ4v) is 3.25. The molecule has 0 bridgehead atoms. The minimum Gasteiger partial charge on any atom is -0.324 e. The number of anilines is 2. The number of nitrogens with zero attached hydrogens (tertiary/aromatic N) is 3. The maximum absolute atomic E-state index is 13.9. The fraction of sp³-hybridized carbons (Fsp3) is 0.150. The molecule has 1 aliphatic carbocycles. The van der Waals surface area contributed by atoms with E-state index >= 15 is 0 Å². The summed E-state index contributed by atoms with van der Waals surface area (Å²) in [5.74, 6) is -1.37. The van der Waals surface area contributed by atoms with Crippen LogP contribution in [0.4, 0.5) is 20.4 Å². The lowest BCUT2D eigenvalue weighted by atomic mass is 10.2. The van der Waals surface area contributed by atoms with Gasteiger partial charge in [0.1, 0.15) is 5.82 Å². The van der Waals surface area contributed by atoms with Crippen molar-refractivity contribution in [1.29, 1.82) is 0 Å². The number of aryl methyl sites for hydroxylation is 1. The van der Waals surface area contributed by atoms with Crippen LogP contribution in [0.5, 0.6) is 0 Å². The Morgan fingerprint density at radius 3 is 2.82 bits per heavy atom. The first-order chi connectivity index (χ1) is 13.4. The number of hydrogen-bond acceptors (Lipinski definition) is 4. The molecule has 0 amide bonds. The molecule has 0 fully saturated rings. The quantitative estimate of drug-likeness (QED) is 0.711. The maximum atomic E-state index is 13.9. The predicted octanol–water partition coefficient (Wildman–Crippen LogP) is 4.24.